The molecular weight excluding hydrogens is 305 g/mol. The van der Waals surface area contributed by atoms with E-state index < -0.39 is 44.9 Å². The standard InChI is InChI=1S/C14H9F3O3S/c15-10-2-4-12(17)13(6-10)21(20)7-9-5-8(14(18)19)1-3-11(9)16/h1-6H,7H2,(H,18,19). The molecule has 1 N–H and O–H groups in total. The number of carboxylic acid groups (broad SMARTS) is 1. The van der Waals surface area contributed by atoms with Crippen molar-refractivity contribution in [1.82, 2.24) is 0 Å². The van der Waals surface area contributed by atoms with Gasteiger partial charge in [0.1, 0.15) is 17.5 Å². The maximum atomic E-state index is 13.6. The van der Waals surface area contributed by atoms with E-state index in [0.717, 1.165) is 36.4 Å². The summed E-state index contributed by atoms with van der Waals surface area (Å²) in [4.78, 5) is 10.4. The van der Waals surface area contributed by atoms with Gasteiger partial charge in [-0.2, -0.15) is 0 Å². The van der Waals surface area contributed by atoms with Crippen LogP contribution < -0.4 is 0 Å². The Hall–Kier alpha value is -2.15. The maximum absolute atomic E-state index is 13.6. The zero-order chi connectivity index (χ0) is 15.6. The Morgan fingerprint density at radius 2 is 1.71 bits per heavy atom. The fourth-order valence-corrected chi connectivity index (χ4v) is 2.88. The molecule has 2 rings (SSSR count). The fourth-order valence-electron chi connectivity index (χ4n) is 1.69. The van der Waals surface area contributed by atoms with Gasteiger partial charge in [0.25, 0.3) is 0 Å². The summed E-state index contributed by atoms with van der Waals surface area (Å²) in [6.45, 7) is 0. The molecule has 0 aliphatic carbocycles. The number of rotatable bonds is 4. The summed E-state index contributed by atoms with van der Waals surface area (Å²) in [5.41, 5.74) is -0.319. The van der Waals surface area contributed by atoms with Gasteiger partial charge in [0.2, 0.25) is 0 Å². The van der Waals surface area contributed by atoms with Crippen LogP contribution >= 0.6 is 0 Å². The Bertz CT molecular complexity index is 731. The van der Waals surface area contributed by atoms with Crippen molar-refractivity contribution < 1.29 is 27.3 Å². The van der Waals surface area contributed by atoms with Crippen molar-refractivity contribution in [3.05, 3.63) is 65.0 Å². The minimum atomic E-state index is -2.04. The summed E-state index contributed by atoms with van der Waals surface area (Å²) in [5, 5.41) is 8.82. The lowest BCUT2D eigenvalue weighted by molar-refractivity contribution is 0.0696. The third-order valence-electron chi connectivity index (χ3n) is 2.72. The molecule has 1 atom stereocenters. The van der Waals surface area contributed by atoms with Gasteiger partial charge >= 0.3 is 5.97 Å². The third kappa shape index (κ3) is 3.49. The van der Waals surface area contributed by atoms with Gasteiger partial charge in [0, 0.05) is 5.56 Å². The van der Waals surface area contributed by atoms with Crippen molar-refractivity contribution in [1.29, 1.82) is 0 Å². The van der Waals surface area contributed by atoms with E-state index in [1.807, 2.05) is 0 Å². The Morgan fingerprint density at radius 3 is 2.38 bits per heavy atom. The minimum Gasteiger partial charge on any atom is -0.478 e. The lowest BCUT2D eigenvalue weighted by Gasteiger charge is -2.06. The second-order valence-electron chi connectivity index (χ2n) is 4.18. The van der Waals surface area contributed by atoms with Gasteiger partial charge in [-0.15, -0.1) is 0 Å². The Balaban J connectivity index is 2.33. The van der Waals surface area contributed by atoms with Gasteiger partial charge in [-0.05, 0) is 36.4 Å². The number of halogens is 3. The molecule has 0 heterocycles. The molecule has 0 fully saturated rings. The molecule has 0 bridgehead atoms. The lowest BCUT2D eigenvalue weighted by atomic mass is 10.1. The predicted octanol–water partition coefficient (Wildman–Crippen LogP) is 3.11. The van der Waals surface area contributed by atoms with E-state index in [1.165, 1.54) is 0 Å². The van der Waals surface area contributed by atoms with Crippen LogP contribution in [0.2, 0.25) is 0 Å². The highest BCUT2D eigenvalue weighted by Gasteiger charge is 2.15. The zero-order valence-electron chi connectivity index (χ0n) is 10.5. The monoisotopic (exact) mass is 314 g/mol. The molecule has 0 spiro atoms. The average Bonchev–Trinajstić information content (AvgIpc) is 2.43. The molecular formula is C14H9F3O3S. The minimum absolute atomic E-state index is 0.142. The third-order valence-corrected chi connectivity index (χ3v) is 4.09. The first-order valence-corrected chi connectivity index (χ1v) is 7.05. The van der Waals surface area contributed by atoms with Gasteiger partial charge in [-0.3, -0.25) is 4.21 Å². The van der Waals surface area contributed by atoms with Crippen molar-refractivity contribution in [2.45, 2.75) is 10.6 Å². The first kappa shape index (κ1) is 15.2. The molecule has 2 aromatic rings. The van der Waals surface area contributed by atoms with Crippen LogP contribution in [0, 0.1) is 17.5 Å². The van der Waals surface area contributed by atoms with Gasteiger partial charge in [-0.1, -0.05) is 0 Å². The summed E-state index contributed by atoms with van der Waals surface area (Å²) < 4.78 is 52.1. The number of benzene rings is 2. The highest BCUT2D eigenvalue weighted by atomic mass is 32.2. The average molecular weight is 314 g/mol. The fraction of sp³-hybridized carbons (Fsp3) is 0.0714. The number of carbonyl (C=O) groups is 1. The van der Waals surface area contributed by atoms with Crippen LogP contribution in [-0.2, 0) is 16.6 Å². The summed E-state index contributed by atoms with van der Waals surface area (Å²) in [6, 6.07) is 5.48. The first-order chi connectivity index (χ1) is 9.88. The van der Waals surface area contributed by atoms with Crippen LogP contribution in [0.25, 0.3) is 0 Å². The topological polar surface area (TPSA) is 54.4 Å². The Morgan fingerprint density at radius 1 is 1.05 bits per heavy atom. The molecule has 0 radical (unpaired) electrons. The molecule has 7 heteroatoms. The molecule has 3 nitrogen and oxygen atoms in total. The number of aromatic carboxylic acids is 1. The summed E-state index contributed by atoms with van der Waals surface area (Å²) in [6.07, 6.45) is 0. The molecule has 0 aliphatic heterocycles. The van der Waals surface area contributed by atoms with E-state index in [2.05, 4.69) is 0 Å². The van der Waals surface area contributed by atoms with Crippen molar-refractivity contribution in [2.24, 2.45) is 0 Å². The highest BCUT2D eigenvalue weighted by Crippen LogP contribution is 2.20. The van der Waals surface area contributed by atoms with Crippen LogP contribution in [0.15, 0.2) is 41.3 Å². The largest absolute Gasteiger partial charge is 0.478 e. The molecule has 1 unspecified atom stereocenters. The SMILES string of the molecule is O=C(O)c1ccc(F)c(CS(=O)c2cc(F)ccc2F)c1. The molecule has 21 heavy (non-hydrogen) atoms. The molecule has 0 amide bonds. The van der Waals surface area contributed by atoms with E-state index in [1.54, 1.807) is 0 Å². The Labute approximate surface area is 120 Å². The maximum Gasteiger partial charge on any atom is 0.335 e. The molecule has 0 aliphatic rings. The lowest BCUT2D eigenvalue weighted by Crippen LogP contribution is -2.04. The smallest absolute Gasteiger partial charge is 0.335 e. The number of carboxylic acids is 1. The van der Waals surface area contributed by atoms with Crippen molar-refractivity contribution in [3.63, 3.8) is 0 Å². The van der Waals surface area contributed by atoms with E-state index in [-0.39, 0.29) is 11.1 Å². The van der Waals surface area contributed by atoms with Crippen LogP contribution in [0.5, 0.6) is 0 Å². The zero-order valence-corrected chi connectivity index (χ0v) is 11.3. The van der Waals surface area contributed by atoms with E-state index in [0.29, 0.717) is 0 Å². The highest BCUT2D eigenvalue weighted by molar-refractivity contribution is 7.84. The Kier molecular flexibility index (Phi) is 4.42. The summed E-state index contributed by atoms with van der Waals surface area (Å²) in [7, 11) is -2.04. The molecule has 0 saturated heterocycles. The van der Waals surface area contributed by atoms with Crippen molar-refractivity contribution in [2.75, 3.05) is 0 Å². The van der Waals surface area contributed by atoms with Crippen LogP contribution in [0.4, 0.5) is 13.2 Å². The van der Waals surface area contributed by atoms with Crippen LogP contribution in [0.3, 0.4) is 0 Å². The second kappa shape index (κ2) is 6.09. The van der Waals surface area contributed by atoms with Crippen LogP contribution in [0.1, 0.15) is 15.9 Å². The first-order valence-electron chi connectivity index (χ1n) is 5.73. The van der Waals surface area contributed by atoms with Crippen molar-refractivity contribution in [3.8, 4) is 0 Å². The quantitative estimate of drug-likeness (QED) is 0.943. The van der Waals surface area contributed by atoms with E-state index >= 15 is 0 Å². The van der Waals surface area contributed by atoms with Crippen LogP contribution in [-0.4, -0.2) is 15.3 Å². The van der Waals surface area contributed by atoms with E-state index in [9.17, 15) is 22.2 Å². The molecule has 0 aromatic heterocycles. The van der Waals surface area contributed by atoms with Gasteiger partial charge in [0.15, 0.2) is 0 Å². The molecule has 0 saturated carbocycles. The van der Waals surface area contributed by atoms with Gasteiger partial charge in [-0.25, -0.2) is 18.0 Å². The molecule has 110 valence electrons. The van der Waals surface area contributed by atoms with Gasteiger partial charge in [0.05, 0.1) is 27.0 Å². The summed E-state index contributed by atoms with van der Waals surface area (Å²) in [5.74, 6) is -4.11. The molecule has 2 aromatic carbocycles. The van der Waals surface area contributed by atoms with E-state index in [4.69, 9.17) is 5.11 Å². The second-order valence-corrected chi connectivity index (χ2v) is 5.60. The predicted molar refractivity (Wildman–Crippen MR) is 69.8 cm³/mol. The summed E-state index contributed by atoms with van der Waals surface area (Å²) >= 11 is 0. The van der Waals surface area contributed by atoms with Gasteiger partial charge < -0.3 is 5.11 Å². The number of hydrogen-bond acceptors (Lipinski definition) is 2. The van der Waals surface area contributed by atoms with Crippen molar-refractivity contribution >= 4 is 16.8 Å². The normalized spacial score (nSPS) is 12.1. The number of hydrogen-bond donors (Lipinski definition) is 1.